The van der Waals surface area contributed by atoms with Crippen LogP contribution in [0.4, 0.5) is 32.3 Å². The predicted octanol–water partition coefficient (Wildman–Crippen LogP) is 6.23. The van der Waals surface area contributed by atoms with Gasteiger partial charge in [0.05, 0.1) is 0 Å². The zero-order valence-corrected chi connectivity index (χ0v) is 21.7. The third kappa shape index (κ3) is 5.60. The molecule has 0 aliphatic rings. The van der Waals surface area contributed by atoms with Crippen LogP contribution in [-0.2, 0) is 0 Å². The molecule has 0 aliphatic heterocycles. The summed E-state index contributed by atoms with van der Waals surface area (Å²) in [6.07, 6.45) is 0. The van der Waals surface area contributed by atoms with Crippen molar-refractivity contribution in [3.05, 3.63) is 121 Å². The first-order valence-corrected chi connectivity index (χ1v) is 19.6. The average molecular weight is 648 g/mol. The molecule has 0 spiro atoms. The second kappa shape index (κ2) is 11.3. The molecular formula is C26H20N2O2Te2. The van der Waals surface area contributed by atoms with E-state index in [1.807, 2.05) is 121 Å². The Bertz CT molecular complexity index is 984. The molecule has 6 heteroatoms. The van der Waals surface area contributed by atoms with E-state index in [1.165, 1.54) is 0 Å². The summed E-state index contributed by atoms with van der Waals surface area (Å²) in [6, 6.07) is 38.6. The van der Waals surface area contributed by atoms with Crippen molar-refractivity contribution >= 4 is 64.8 Å². The molecule has 0 radical (unpaired) electrons. The van der Waals surface area contributed by atoms with E-state index < -0.39 is 34.1 Å². The van der Waals surface area contributed by atoms with E-state index in [1.54, 1.807) is 9.80 Å². The van der Waals surface area contributed by atoms with Gasteiger partial charge in [-0.3, -0.25) is 0 Å². The van der Waals surface area contributed by atoms with E-state index in [2.05, 4.69) is 0 Å². The van der Waals surface area contributed by atoms with Crippen LogP contribution in [0.1, 0.15) is 0 Å². The van der Waals surface area contributed by atoms with Gasteiger partial charge in [0, 0.05) is 0 Å². The van der Waals surface area contributed by atoms with Crippen molar-refractivity contribution in [3.63, 3.8) is 0 Å². The van der Waals surface area contributed by atoms with E-state index in [9.17, 15) is 9.59 Å². The Morgan fingerprint density at radius 2 is 0.625 bits per heavy atom. The fourth-order valence-electron chi connectivity index (χ4n) is 3.17. The van der Waals surface area contributed by atoms with E-state index in [4.69, 9.17) is 0 Å². The number of nitrogens with zero attached hydrogens (tertiary/aromatic N) is 2. The summed E-state index contributed by atoms with van der Waals surface area (Å²) in [5, 5.41) is 0. The van der Waals surface area contributed by atoms with Gasteiger partial charge in [-0.15, -0.1) is 0 Å². The zero-order chi connectivity index (χ0) is 22.2. The van der Waals surface area contributed by atoms with Gasteiger partial charge in [-0.25, -0.2) is 0 Å². The molecule has 4 rings (SSSR count). The zero-order valence-electron chi connectivity index (χ0n) is 17.1. The second-order valence-corrected chi connectivity index (χ2v) is 16.0. The Balaban J connectivity index is 1.56. The maximum absolute atomic E-state index is 13.4. The van der Waals surface area contributed by atoms with Crippen molar-refractivity contribution in [2.45, 2.75) is 0 Å². The summed E-state index contributed by atoms with van der Waals surface area (Å²) in [5.74, 6) is 0. The molecule has 0 saturated heterocycles. The summed E-state index contributed by atoms with van der Waals surface area (Å²) < 4.78 is 0.120. The van der Waals surface area contributed by atoms with Crippen LogP contribution in [0.2, 0.25) is 0 Å². The Morgan fingerprint density at radius 1 is 0.406 bits per heavy atom. The normalized spacial score (nSPS) is 10.4. The molecule has 4 nitrogen and oxygen atoms in total. The average Bonchev–Trinajstić information content (AvgIpc) is 2.86. The number of carbonyl (C=O) groups excluding carboxylic acids is 2. The van der Waals surface area contributed by atoms with Crippen LogP contribution in [0.15, 0.2) is 121 Å². The Morgan fingerprint density at radius 3 is 0.844 bits per heavy atom. The van der Waals surface area contributed by atoms with Crippen molar-refractivity contribution in [1.29, 1.82) is 0 Å². The molecule has 0 heterocycles. The summed E-state index contributed by atoms with van der Waals surface area (Å²) >= 11 is -2.36. The van der Waals surface area contributed by atoms with Gasteiger partial charge in [0.15, 0.2) is 0 Å². The van der Waals surface area contributed by atoms with Gasteiger partial charge in [-0.1, -0.05) is 0 Å². The quantitative estimate of drug-likeness (QED) is 0.224. The van der Waals surface area contributed by atoms with Gasteiger partial charge in [0.25, 0.3) is 0 Å². The van der Waals surface area contributed by atoms with Crippen LogP contribution in [0.5, 0.6) is 0 Å². The summed E-state index contributed by atoms with van der Waals surface area (Å²) in [6.45, 7) is 0. The topological polar surface area (TPSA) is 40.6 Å². The van der Waals surface area contributed by atoms with E-state index >= 15 is 0 Å². The molecular weight excluding hydrogens is 627 g/mol. The number of hydrogen-bond donors (Lipinski definition) is 0. The van der Waals surface area contributed by atoms with Gasteiger partial charge >= 0.3 is 205 Å². The molecule has 4 aromatic rings. The number of carbonyl (C=O) groups is 2. The van der Waals surface area contributed by atoms with Crippen LogP contribution in [0.25, 0.3) is 0 Å². The van der Waals surface area contributed by atoms with Crippen molar-refractivity contribution < 1.29 is 9.59 Å². The van der Waals surface area contributed by atoms with Gasteiger partial charge in [-0.2, -0.15) is 0 Å². The number of rotatable bonds is 7. The molecule has 32 heavy (non-hydrogen) atoms. The third-order valence-electron chi connectivity index (χ3n) is 4.61. The van der Waals surface area contributed by atoms with E-state index in [-0.39, 0.29) is 7.91 Å². The van der Waals surface area contributed by atoms with Gasteiger partial charge < -0.3 is 0 Å². The Kier molecular flexibility index (Phi) is 7.99. The number of benzene rings is 4. The van der Waals surface area contributed by atoms with Crippen molar-refractivity contribution in [3.8, 4) is 0 Å². The van der Waals surface area contributed by atoms with E-state index in [0.717, 1.165) is 22.7 Å². The fraction of sp³-hybridized carbons (Fsp3) is 0. The van der Waals surface area contributed by atoms with Crippen LogP contribution in [-0.4, -0.2) is 42.0 Å². The van der Waals surface area contributed by atoms with Crippen molar-refractivity contribution in [1.82, 2.24) is 0 Å². The van der Waals surface area contributed by atoms with Crippen LogP contribution >= 0.6 is 0 Å². The molecule has 0 aliphatic carbocycles. The number of anilines is 4. The minimum atomic E-state index is -1.18. The molecule has 0 aromatic heterocycles. The monoisotopic (exact) mass is 652 g/mol. The molecule has 0 fully saturated rings. The summed E-state index contributed by atoms with van der Waals surface area (Å²) in [4.78, 5) is 30.3. The first kappa shape index (κ1) is 22.6. The Hall–Kier alpha value is -2.60. The van der Waals surface area contributed by atoms with Gasteiger partial charge in [0.2, 0.25) is 0 Å². The molecule has 0 N–H and O–H groups in total. The van der Waals surface area contributed by atoms with Crippen molar-refractivity contribution in [2.24, 2.45) is 0 Å². The second-order valence-electron chi connectivity index (χ2n) is 6.71. The molecule has 2 amide bonds. The summed E-state index contributed by atoms with van der Waals surface area (Å²) in [7, 11) is 0. The Labute approximate surface area is 204 Å². The standard InChI is InChI=1S/C26H20N2O2Te2/c29-25(27(21-13-5-1-6-14-21)22-15-7-2-8-16-22)31-32-26(30)28(23-17-9-3-10-18-23)24-19-11-4-12-20-24/h1-20H. The van der Waals surface area contributed by atoms with Crippen LogP contribution in [0.3, 0.4) is 0 Å². The van der Waals surface area contributed by atoms with Gasteiger partial charge in [0.1, 0.15) is 0 Å². The first-order chi connectivity index (χ1) is 15.7. The molecule has 158 valence electrons. The van der Waals surface area contributed by atoms with Crippen LogP contribution in [0, 0.1) is 0 Å². The molecule has 4 aromatic carbocycles. The minimum absolute atomic E-state index is 0.0598. The predicted molar refractivity (Wildman–Crippen MR) is 132 cm³/mol. The fourth-order valence-corrected chi connectivity index (χ4v) is 10.8. The van der Waals surface area contributed by atoms with Gasteiger partial charge in [-0.05, 0) is 0 Å². The number of amides is 2. The first-order valence-electron chi connectivity index (χ1n) is 9.97. The molecule has 0 bridgehead atoms. The molecule has 0 unspecified atom stereocenters. The number of hydrogen-bond acceptors (Lipinski definition) is 2. The van der Waals surface area contributed by atoms with Crippen LogP contribution < -0.4 is 9.80 Å². The van der Waals surface area contributed by atoms with Crippen molar-refractivity contribution in [2.75, 3.05) is 9.80 Å². The molecule has 0 saturated carbocycles. The van der Waals surface area contributed by atoms with E-state index in [0.29, 0.717) is 0 Å². The number of para-hydroxylation sites is 4. The maximum atomic E-state index is 13.4. The summed E-state index contributed by atoms with van der Waals surface area (Å²) in [5.41, 5.74) is 3.32. The third-order valence-corrected chi connectivity index (χ3v) is 13.8. The molecule has 0 atom stereocenters. The SMILES string of the molecule is O=C([Te][Te]C(=O)N(c1ccccc1)c1ccccc1)N(c1ccccc1)c1ccccc1.